The van der Waals surface area contributed by atoms with Crippen LogP contribution in [0.5, 0.6) is 0 Å². The van der Waals surface area contributed by atoms with Gasteiger partial charge in [0.25, 0.3) is 0 Å². The van der Waals surface area contributed by atoms with Gasteiger partial charge in [0.2, 0.25) is 0 Å². The standard InChI is InChI=1S/C22H35FO4/c1-4-5-6-9-16(24)12-13-17-15(2)14-19-21(17)22(23)18(27-19)10-7-8-11-20(25)26-3/h10,12-13,15-17,19,21-22,24H,4-9,11,14H2,1-3H3/t15-,16+,17+,19-,21-,22-/m1/s1. The van der Waals surface area contributed by atoms with Gasteiger partial charge in [-0.05, 0) is 43.6 Å². The van der Waals surface area contributed by atoms with Crippen molar-refractivity contribution in [1.29, 1.82) is 0 Å². The van der Waals surface area contributed by atoms with E-state index in [4.69, 9.17) is 4.74 Å². The summed E-state index contributed by atoms with van der Waals surface area (Å²) in [6.45, 7) is 4.28. The quantitative estimate of drug-likeness (QED) is 0.337. The summed E-state index contributed by atoms with van der Waals surface area (Å²) in [4.78, 5) is 11.1. The second-order valence-electron chi connectivity index (χ2n) is 7.95. The molecule has 1 heterocycles. The van der Waals surface area contributed by atoms with E-state index in [1.165, 1.54) is 7.11 Å². The van der Waals surface area contributed by atoms with Crippen molar-refractivity contribution in [2.75, 3.05) is 7.11 Å². The molecule has 1 aliphatic carbocycles. The van der Waals surface area contributed by atoms with E-state index in [1.54, 1.807) is 6.08 Å². The average molecular weight is 383 g/mol. The summed E-state index contributed by atoms with van der Waals surface area (Å²) in [6.07, 6.45) is 10.5. The van der Waals surface area contributed by atoms with Crippen LogP contribution in [0.4, 0.5) is 4.39 Å². The second kappa shape index (κ2) is 10.8. The van der Waals surface area contributed by atoms with Crippen molar-refractivity contribution >= 4 is 5.97 Å². The molecule has 1 aliphatic heterocycles. The molecule has 1 N–H and O–H groups in total. The lowest BCUT2D eigenvalue weighted by Gasteiger charge is -2.19. The van der Waals surface area contributed by atoms with Crippen LogP contribution in [0.1, 0.15) is 65.2 Å². The van der Waals surface area contributed by atoms with Crippen molar-refractivity contribution < 1.29 is 23.8 Å². The molecule has 2 fully saturated rings. The Kier molecular flexibility index (Phi) is 8.81. The zero-order valence-electron chi connectivity index (χ0n) is 16.9. The normalized spacial score (nSPS) is 32.6. The molecule has 27 heavy (non-hydrogen) atoms. The van der Waals surface area contributed by atoms with Crippen molar-refractivity contribution in [3.8, 4) is 0 Å². The third-order valence-corrected chi connectivity index (χ3v) is 5.85. The topological polar surface area (TPSA) is 55.8 Å². The van der Waals surface area contributed by atoms with Crippen LogP contribution in [0.15, 0.2) is 24.0 Å². The van der Waals surface area contributed by atoms with Gasteiger partial charge in [-0.3, -0.25) is 4.79 Å². The molecule has 1 saturated carbocycles. The molecule has 0 aromatic carbocycles. The fraction of sp³-hybridized carbons (Fsp3) is 0.773. The first-order valence-electron chi connectivity index (χ1n) is 10.4. The number of allylic oxidation sites excluding steroid dienone is 3. The van der Waals surface area contributed by atoms with Crippen LogP contribution >= 0.6 is 0 Å². The minimum Gasteiger partial charge on any atom is -0.492 e. The number of alkyl halides is 1. The smallest absolute Gasteiger partial charge is 0.305 e. The summed E-state index contributed by atoms with van der Waals surface area (Å²) >= 11 is 0. The summed E-state index contributed by atoms with van der Waals surface area (Å²) in [6, 6.07) is 0. The highest BCUT2D eigenvalue weighted by Crippen LogP contribution is 2.49. The molecule has 0 unspecified atom stereocenters. The maximum atomic E-state index is 15.0. The highest BCUT2D eigenvalue weighted by molar-refractivity contribution is 5.69. The van der Waals surface area contributed by atoms with E-state index in [9.17, 15) is 9.90 Å². The van der Waals surface area contributed by atoms with Crippen LogP contribution < -0.4 is 0 Å². The first-order valence-corrected chi connectivity index (χ1v) is 10.4. The van der Waals surface area contributed by atoms with Crippen molar-refractivity contribution in [1.82, 2.24) is 0 Å². The lowest BCUT2D eigenvalue weighted by molar-refractivity contribution is -0.140. The Hall–Kier alpha value is -1.36. The van der Waals surface area contributed by atoms with Gasteiger partial charge in [0.1, 0.15) is 11.9 Å². The average Bonchev–Trinajstić information content (AvgIpc) is 3.12. The number of fused-ring (bicyclic) bond motifs is 1. The number of ether oxygens (including phenoxy) is 2. The number of esters is 1. The van der Waals surface area contributed by atoms with Crippen LogP contribution in [-0.2, 0) is 14.3 Å². The van der Waals surface area contributed by atoms with E-state index in [-0.39, 0.29) is 23.9 Å². The summed E-state index contributed by atoms with van der Waals surface area (Å²) in [5, 5.41) is 10.1. The number of hydrogen-bond donors (Lipinski definition) is 1. The molecule has 2 aliphatic rings. The number of aliphatic hydroxyl groups is 1. The Morgan fingerprint density at radius 2 is 2.19 bits per heavy atom. The maximum Gasteiger partial charge on any atom is 0.305 e. The number of unbranched alkanes of at least 4 members (excludes halogenated alkanes) is 3. The summed E-state index contributed by atoms with van der Waals surface area (Å²) in [5.41, 5.74) is 0. The molecule has 5 heteroatoms. The van der Waals surface area contributed by atoms with Crippen LogP contribution in [0.25, 0.3) is 0 Å². The van der Waals surface area contributed by atoms with Crippen LogP contribution in [0, 0.1) is 17.8 Å². The largest absolute Gasteiger partial charge is 0.492 e. The number of rotatable bonds is 10. The zero-order chi connectivity index (χ0) is 19.8. The minimum atomic E-state index is -1.11. The summed E-state index contributed by atoms with van der Waals surface area (Å²) in [7, 11) is 1.37. The number of carbonyl (C=O) groups excluding carboxylic acids is 1. The molecule has 0 radical (unpaired) electrons. The molecule has 0 bridgehead atoms. The van der Waals surface area contributed by atoms with Crippen molar-refractivity contribution in [3.05, 3.63) is 24.0 Å². The number of halogens is 1. The zero-order valence-corrected chi connectivity index (χ0v) is 16.9. The van der Waals surface area contributed by atoms with E-state index in [1.807, 2.05) is 12.2 Å². The second-order valence-corrected chi connectivity index (χ2v) is 7.95. The highest BCUT2D eigenvalue weighted by atomic mass is 19.1. The van der Waals surface area contributed by atoms with Gasteiger partial charge < -0.3 is 14.6 Å². The summed E-state index contributed by atoms with van der Waals surface area (Å²) in [5.74, 6) is 0.436. The Balaban J connectivity index is 1.89. The van der Waals surface area contributed by atoms with E-state index >= 15 is 4.39 Å². The molecule has 0 aromatic heterocycles. The van der Waals surface area contributed by atoms with Gasteiger partial charge in [0.05, 0.1) is 13.2 Å². The predicted molar refractivity (Wildman–Crippen MR) is 104 cm³/mol. The van der Waals surface area contributed by atoms with E-state index in [2.05, 4.69) is 18.6 Å². The number of methoxy groups -OCH3 is 1. The molecule has 4 nitrogen and oxygen atoms in total. The third kappa shape index (κ3) is 6.06. The number of carbonyl (C=O) groups is 1. The predicted octanol–water partition coefficient (Wildman–Crippen LogP) is 4.72. The molecule has 1 saturated heterocycles. The first kappa shape index (κ1) is 21.9. The molecular formula is C22H35FO4. The van der Waals surface area contributed by atoms with Gasteiger partial charge >= 0.3 is 5.97 Å². The summed E-state index contributed by atoms with van der Waals surface area (Å²) < 4.78 is 25.5. The number of aliphatic hydroxyl groups excluding tert-OH is 1. The van der Waals surface area contributed by atoms with Crippen LogP contribution in [-0.4, -0.2) is 36.6 Å². The Morgan fingerprint density at radius 3 is 2.89 bits per heavy atom. The molecule has 6 atom stereocenters. The molecule has 0 amide bonds. The van der Waals surface area contributed by atoms with Gasteiger partial charge in [0, 0.05) is 12.3 Å². The Bertz CT molecular complexity index is 530. The van der Waals surface area contributed by atoms with E-state index in [0.717, 1.165) is 32.1 Å². The third-order valence-electron chi connectivity index (χ3n) is 5.85. The molecule has 0 aromatic rings. The van der Waals surface area contributed by atoms with Crippen molar-refractivity contribution in [2.45, 2.75) is 83.6 Å². The van der Waals surface area contributed by atoms with Crippen molar-refractivity contribution in [2.24, 2.45) is 17.8 Å². The lowest BCUT2D eigenvalue weighted by atomic mass is 9.86. The fourth-order valence-electron chi connectivity index (χ4n) is 4.28. The minimum absolute atomic E-state index is 0.0891. The van der Waals surface area contributed by atoms with Crippen LogP contribution in [0.3, 0.4) is 0 Å². The lowest BCUT2D eigenvalue weighted by Crippen LogP contribution is -2.22. The van der Waals surface area contributed by atoms with Gasteiger partial charge in [-0.2, -0.15) is 0 Å². The van der Waals surface area contributed by atoms with E-state index < -0.39 is 12.3 Å². The first-order chi connectivity index (χ1) is 13.0. The SMILES string of the molecule is CCCCC[C@H](O)C=C[C@@H]1[C@H]2[C@H](F)C(=CCCCC(=O)OC)O[C@@H]2C[C@H]1C. The molecule has 2 rings (SSSR count). The monoisotopic (exact) mass is 382 g/mol. The van der Waals surface area contributed by atoms with Gasteiger partial charge in [-0.25, -0.2) is 4.39 Å². The molecule has 0 spiro atoms. The van der Waals surface area contributed by atoms with Gasteiger partial charge in [-0.1, -0.05) is 45.3 Å². The Labute approximate surface area is 162 Å². The van der Waals surface area contributed by atoms with E-state index in [0.29, 0.717) is 30.9 Å². The van der Waals surface area contributed by atoms with Crippen molar-refractivity contribution in [3.63, 3.8) is 0 Å². The van der Waals surface area contributed by atoms with Crippen LogP contribution in [0.2, 0.25) is 0 Å². The number of hydrogen-bond acceptors (Lipinski definition) is 4. The Morgan fingerprint density at radius 1 is 1.41 bits per heavy atom. The maximum absolute atomic E-state index is 15.0. The molecular weight excluding hydrogens is 347 g/mol. The van der Waals surface area contributed by atoms with Gasteiger partial charge in [-0.15, -0.1) is 0 Å². The molecule has 154 valence electrons. The highest BCUT2D eigenvalue weighted by Gasteiger charge is 2.52. The fourth-order valence-corrected chi connectivity index (χ4v) is 4.28. The van der Waals surface area contributed by atoms with Gasteiger partial charge in [0.15, 0.2) is 6.17 Å².